The lowest BCUT2D eigenvalue weighted by molar-refractivity contribution is 0.0949. The first-order chi connectivity index (χ1) is 12.7. The van der Waals surface area contributed by atoms with Gasteiger partial charge in [-0.3, -0.25) is 9.78 Å². The predicted octanol–water partition coefficient (Wildman–Crippen LogP) is 3.30. The maximum Gasteiger partial charge on any atom is 0.269 e. The number of nitrogens with zero attached hydrogens (tertiary/aromatic N) is 2. The molecule has 1 aromatic heterocycles. The zero-order chi connectivity index (χ0) is 18.4. The number of benzene rings is 1. The molecule has 1 amide bonds. The molecule has 0 bridgehead atoms. The van der Waals surface area contributed by atoms with Crippen LogP contribution in [0, 0.1) is 5.92 Å². The third kappa shape index (κ3) is 4.75. The summed E-state index contributed by atoms with van der Waals surface area (Å²) in [4.78, 5) is 19.0. The van der Waals surface area contributed by atoms with Gasteiger partial charge in [0.15, 0.2) is 0 Å². The number of nitrogens with one attached hydrogen (secondary N) is 1. The van der Waals surface area contributed by atoms with Gasteiger partial charge in [0.05, 0.1) is 7.11 Å². The highest BCUT2D eigenvalue weighted by atomic mass is 16.5. The molecule has 1 fully saturated rings. The van der Waals surface area contributed by atoms with Gasteiger partial charge in [0.1, 0.15) is 11.4 Å². The van der Waals surface area contributed by atoms with Gasteiger partial charge in [-0.1, -0.05) is 19.1 Å². The molecule has 1 N–H and O–H groups in total. The maximum absolute atomic E-state index is 12.4. The molecule has 138 valence electrons. The molecule has 0 atom stereocenters. The summed E-state index contributed by atoms with van der Waals surface area (Å²) in [5.41, 5.74) is 2.73. The highest BCUT2D eigenvalue weighted by molar-refractivity contribution is 5.93. The van der Waals surface area contributed by atoms with Gasteiger partial charge in [0.2, 0.25) is 0 Å². The van der Waals surface area contributed by atoms with Crippen LogP contribution in [0.5, 0.6) is 5.75 Å². The van der Waals surface area contributed by atoms with Crippen molar-refractivity contribution in [2.75, 3.05) is 31.6 Å². The molecule has 0 radical (unpaired) electrons. The number of ether oxygens (including phenoxy) is 1. The maximum atomic E-state index is 12.4. The van der Waals surface area contributed by atoms with Crippen molar-refractivity contribution in [3.63, 3.8) is 0 Å². The second kappa shape index (κ2) is 8.70. The Balaban J connectivity index is 1.53. The lowest BCUT2D eigenvalue weighted by atomic mass is 9.99. The topological polar surface area (TPSA) is 54.5 Å². The van der Waals surface area contributed by atoms with Crippen LogP contribution in [0.2, 0.25) is 0 Å². The van der Waals surface area contributed by atoms with E-state index >= 15 is 0 Å². The number of amides is 1. The van der Waals surface area contributed by atoms with Crippen molar-refractivity contribution in [1.82, 2.24) is 10.3 Å². The Kier molecular flexibility index (Phi) is 6.10. The van der Waals surface area contributed by atoms with Crippen LogP contribution in [0.25, 0.3) is 0 Å². The number of piperidine rings is 1. The van der Waals surface area contributed by atoms with Crippen LogP contribution < -0.4 is 15.0 Å². The third-order valence-corrected chi connectivity index (χ3v) is 4.98. The molecule has 0 saturated carbocycles. The first kappa shape index (κ1) is 18.2. The normalized spacial score (nSPS) is 14.9. The summed E-state index contributed by atoms with van der Waals surface area (Å²) in [7, 11) is 1.65. The lowest BCUT2D eigenvalue weighted by Gasteiger charge is -2.32. The van der Waals surface area contributed by atoms with Gasteiger partial charge >= 0.3 is 0 Å². The van der Waals surface area contributed by atoms with Gasteiger partial charge in [-0.15, -0.1) is 0 Å². The minimum absolute atomic E-state index is 0.120. The van der Waals surface area contributed by atoms with Crippen molar-refractivity contribution in [2.24, 2.45) is 5.92 Å². The minimum Gasteiger partial charge on any atom is -0.497 e. The van der Waals surface area contributed by atoms with Crippen LogP contribution in [0.15, 0.2) is 42.6 Å². The molecule has 26 heavy (non-hydrogen) atoms. The SMILES string of the molecule is COc1ccc(CCNC(=O)c2cc(N3CCC(C)CC3)ccn2)cc1. The summed E-state index contributed by atoms with van der Waals surface area (Å²) in [5, 5.41) is 2.96. The molecule has 1 saturated heterocycles. The molecule has 5 heteroatoms. The molecule has 5 nitrogen and oxygen atoms in total. The first-order valence-corrected chi connectivity index (χ1v) is 9.28. The monoisotopic (exact) mass is 353 g/mol. The Hall–Kier alpha value is -2.56. The Labute approximate surface area is 155 Å². The van der Waals surface area contributed by atoms with E-state index in [9.17, 15) is 4.79 Å². The Morgan fingerprint density at radius 3 is 2.65 bits per heavy atom. The summed E-state index contributed by atoms with van der Waals surface area (Å²) in [6.07, 6.45) is 4.91. The number of carbonyl (C=O) groups is 1. The van der Waals surface area contributed by atoms with Gasteiger partial charge in [-0.25, -0.2) is 0 Å². The van der Waals surface area contributed by atoms with Crippen LogP contribution in [0.3, 0.4) is 0 Å². The molecule has 3 rings (SSSR count). The Morgan fingerprint density at radius 1 is 1.23 bits per heavy atom. The Morgan fingerprint density at radius 2 is 1.96 bits per heavy atom. The highest BCUT2D eigenvalue weighted by Crippen LogP contribution is 2.23. The van der Waals surface area contributed by atoms with E-state index in [-0.39, 0.29) is 5.91 Å². The predicted molar refractivity (Wildman–Crippen MR) is 104 cm³/mol. The van der Waals surface area contributed by atoms with Crippen molar-refractivity contribution >= 4 is 11.6 Å². The standard InChI is InChI=1S/C21H27N3O2/c1-16-9-13-24(14-10-16)18-8-12-22-20(15-18)21(25)23-11-7-17-3-5-19(26-2)6-4-17/h3-6,8,12,15-16H,7,9-11,13-14H2,1-2H3,(H,23,25). The zero-order valence-corrected chi connectivity index (χ0v) is 15.6. The molecular weight excluding hydrogens is 326 g/mol. The number of carbonyl (C=O) groups excluding carboxylic acids is 1. The molecule has 2 aromatic rings. The fraction of sp³-hybridized carbons (Fsp3) is 0.429. The van der Waals surface area contributed by atoms with E-state index in [1.807, 2.05) is 36.4 Å². The number of hydrogen-bond acceptors (Lipinski definition) is 4. The third-order valence-electron chi connectivity index (χ3n) is 4.98. The van der Waals surface area contributed by atoms with Crippen LogP contribution in [0.1, 0.15) is 35.8 Å². The highest BCUT2D eigenvalue weighted by Gasteiger charge is 2.17. The van der Waals surface area contributed by atoms with Gasteiger partial charge in [0.25, 0.3) is 5.91 Å². The van der Waals surface area contributed by atoms with Gasteiger partial charge in [-0.05, 0) is 55.0 Å². The first-order valence-electron chi connectivity index (χ1n) is 9.28. The number of rotatable bonds is 6. The lowest BCUT2D eigenvalue weighted by Crippen LogP contribution is -2.33. The molecule has 0 unspecified atom stereocenters. The van der Waals surface area contributed by atoms with Crippen LogP contribution in [-0.4, -0.2) is 37.6 Å². The summed E-state index contributed by atoms with van der Waals surface area (Å²) in [5.74, 6) is 1.51. The molecular formula is C21H27N3O2. The number of pyridine rings is 1. The largest absolute Gasteiger partial charge is 0.497 e. The van der Waals surface area contributed by atoms with E-state index < -0.39 is 0 Å². The van der Waals surface area contributed by atoms with Crippen molar-refractivity contribution < 1.29 is 9.53 Å². The zero-order valence-electron chi connectivity index (χ0n) is 15.6. The van der Waals surface area contributed by atoms with Gasteiger partial charge in [-0.2, -0.15) is 0 Å². The quantitative estimate of drug-likeness (QED) is 0.866. The summed E-state index contributed by atoms with van der Waals surface area (Å²) >= 11 is 0. The molecule has 1 aliphatic rings. The van der Waals surface area contributed by atoms with Crippen molar-refractivity contribution in [3.05, 3.63) is 53.9 Å². The van der Waals surface area contributed by atoms with Crippen LogP contribution >= 0.6 is 0 Å². The average molecular weight is 353 g/mol. The summed E-state index contributed by atoms with van der Waals surface area (Å²) in [6.45, 7) is 4.97. The number of aromatic nitrogens is 1. The molecule has 1 aromatic carbocycles. The summed E-state index contributed by atoms with van der Waals surface area (Å²) in [6, 6.07) is 11.8. The number of hydrogen-bond donors (Lipinski definition) is 1. The van der Waals surface area contributed by atoms with Crippen LogP contribution in [0.4, 0.5) is 5.69 Å². The van der Waals surface area contributed by atoms with Gasteiger partial charge in [0, 0.05) is 31.5 Å². The number of anilines is 1. The van der Waals surface area contributed by atoms with Crippen molar-refractivity contribution in [2.45, 2.75) is 26.2 Å². The molecule has 2 heterocycles. The van der Waals surface area contributed by atoms with E-state index in [1.54, 1.807) is 13.3 Å². The van der Waals surface area contributed by atoms with E-state index in [0.717, 1.165) is 42.4 Å². The van der Waals surface area contributed by atoms with E-state index in [4.69, 9.17) is 4.74 Å². The minimum atomic E-state index is -0.120. The molecule has 1 aliphatic heterocycles. The van der Waals surface area contributed by atoms with Crippen LogP contribution in [-0.2, 0) is 6.42 Å². The van der Waals surface area contributed by atoms with E-state index in [2.05, 4.69) is 22.1 Å². The fourth-order valence-corrected chi connectivity index (χ4v) is 3.21. The smallest absolute Gasteiger partial charge is 0.269 e. The van der Waals surface area contributed by atoms with Gasteiger partial charge < -0.3 is 15.0 Å². The van der Waals surface area contributed by atoms with Crippen molar-refractivity contribution in [1.29, 1.82) is 0 Å². The fourth-order valence-electron chi connectivity index (χ4n) is 3.21. The molecule has 0 aliphatic carbocycles. The second-order valence-corrected chi connectivity index (χ2v) is 6.92. The van der Waals surface area contributed by atoms with Crippen molar-refractivity contribution in [3.8, 4) is 5.75 Å². The average Bonchev–Trinajstić information content (AvgIpc) is 2.69. The number of methoxy groups -OCH3 is 1. The van der Waals surface area contributed by atoms with E-state index in [1.165, 1.54) is 12.8 Å². The van der Waals surface area contributed by atoms with E-state index in [0.29, 0.717) is 12.2 Å². The Bertz CT molecular complexity index is 722. The summed E-state index contributed by atoms with van der Waals surface area (Å²) < 4.78 is 5.15. The molecule has 0 spiro atoms. The second-order valence-electron chi connectivity index (χ2n) is 6.92.